The van der Waals surface area contributed by atoms with Gasteiger partial charge in [0.05, 0.1) is 17.0 Å². The summed E-state index contributed by atoms with van der Waals surface area (Å²) in [6, 6.07) is 5.33. The van der Waals surface area contributed by atoms with E-state index in [0.717, 1.165) is 43.9 Å². The van der Waals surface area contributed by atoms with Crippen LogP contribution in [0, 0.1) is 11.6 Å². The number of carboxylic acid groups (broad SMARTS) is 1. The summed E-state index contributed by atoms with van der Waals surface area (Å²) < 4.78 is 58.8. The normalized spacial score (nSPS) is 11.4. The van der Waals surface area contributed by atoms with E-state index in [1.165, 1.54) is 19.1 Å². The third kappa shape index (κ3) is 6.18. The average Bonchev–Trinajstić information content (AvgIpc) is 2.76. The summed E-state index contributed by atoms with van der Waals surface area (Å²) >= 11 is 0. The van der Waals surface area contributed by atoms with E-state index in [9.17, 15) is 27.1 Å². The van der Waals surface area contributed by atoms with E-state index in [4.69, 9.17) is 4.74 Å². The molecular weight excluding hydrogens is 440 g/mol. The Bertz CT molecular complexity index is 1050. The van der Waals surface area contributed by atoms with Crippen LogP contribution in [0.25, 0.3) is 0 Å². The van der Waals surface area contributed by atoms with Crippen LogP contribution in [0.3, 0.4) is 0 Å². The molecule has 0 heterocycles. The van der Waals surface area contributed by atoms with E-state index in [2.05, 4.69) is 0 Å². The topological polar surface area (TPSA) is 83.9 Å². The number of nitrogens with zero attached hydrogens (tertiary/aromatic N) is 1. The molecule has 0 aliphatic carbocycles. The van der Waals surface area contributed by atoms with E-state index in [0.29, 0.717) is 18.8 Å². The number of rotatable bonds is 12. The van der Waals surface area contributed by atoms with Gasteiger partial charge in [-0.15, -0.1) is 0 Å². The molecule has 0 atom stereocenters. The Morgan fingerprint density at radius 3 is 2.12 bits per heavy atom. The number of carboxylic acids is 1. The largest absolute Gasteiger partial charge is 0.478 e. The molecule has 0 aliphatic heterocycles. The first-order valence-electron chi connectivity index (χ1n) is 10.7. The average molecular weight is 470 g/mol. The number of anilines is 1. The zero-order chi connectivity index (χ0) is 23.9. The van der Waals surface area contributed by atoms with E-state index in [1.807, 2.05) is 18.7 Å². The second-order valence-corrected chi connectivity index (χ2v) is 9.65. The number of unbranched alkanes of at least 4 members (excludes halogenated alkanes) is 2. The van der Waals surface area contributed by atoms with E-state index in [1.54, 1.807) is 0 Å². The molecule has 176 valence electrons. The van der Waals surface area contributed by atoms with Crippen LogP contribution in [0.4, 0.5) is 14.5 Å². The highest BCUT2D eigenvalue weighted by Crippen LogP contribution is 2.40. The first-order valence-corrected chi connectivity index (χ1v) is 12.3. The second-order valence-electron chi connectivity index (χ2n) is 7.40. The van der Waals surface area contributed by atoms with Crippen LogP contribution < -0.4 is 9.64 Å². The highest BCUT2D eigenvalue weighted by Gasteiger charge is 2.27. The van der Waals surface area contributed by atoms with Gasteiger partial charge in [-0.25, -0.2) is 22.0 Å². The van der Waals surface area contributed by atoms with Crippen molar-refractivity contribution in [3.05, 3.63) is 47.5 Å². The van der Waals surface area contributed by atoms with Crippen molar-refractivity contribution in [2.24, 2.45) is 0 Å². The fraction of sp³-hybridized carbons (Fsp3) is 0.435. The SMILES string of the molecule is CCCCN(CCCC)c1cc(C(=O)O)cc(S(=O)(=O)CC)c1Oc1ccc(F)c(F)c1. The van der Waals surface area contributed by atoms with Crippen LogP contribution in [-0.2, 0) is 9.84 Å². The molecule has 9 heteroatoms. The van der Waals surface area contributed by atoms with Gasteiger partial charge in [-0.2, -0.15) is 0 Å². The van der Waals surface area contributed by atoms with E-state index in [-0.39, 0.29) is 27.7 Å². The predicted octanol–water partition coefficient (Wildman–Crippen LogP) is 5.66. The Balaban J connectivity index is 2.78. The van der Waals surface area contributed by atoms with Crippen LogP contribution in [-0.4, -0.2) is 38.3 Å². The van der Waals surface area contributed by atoms with Crippen LogP contribution >= 0.6 is 0 Å². The molecular formula is C23H29F2NO5S. The molecule has 0 radical (unpaired) electrons. The lowest BCUT2D eigenvalue weighted by Crippen LogP contribution is -2.27. The maximum atomic E-state index is 13.8. The lowest BCUT2D eigenvalue weighted by Gasteiger charge is -2.28. The zero-order valence-electron chi connectivity index (χ0n) is 18.5. The van der Waals surface area contributed by atoms with Crippen molar-refractivity contribution in [1.29, 1.82) is 0 Å². The van der Waals surface area contributed by atoms with Crippen molar-refractivity contribution < 1.29 is 31.8 Å². The molecule has 0 unspecified atom stereocenters. The van der Waals surface area contributed by atoms with E-state index < -0.39 is 27.4 Å². The summed E-state index contributed by atoms with van der Waals surface area (Å²) in [6.45, 7) is 6.57. The number of halogens is 2. The summed E-state index contributed by atoms with van der Waals surface area (Å²) in [7, 11) is -3.90. The summed E-state index contributed by atoms with van der Waals surface area (Å²) in [5.74, 6) is -3.94. The predicted molar refractivity (Wildman–Crippen MR) is 120 cm³/mol. The number of hydrogen-bond donors (Lipinski definition) is 1. The molecule has 2 aromatic carbocycles. The molecule has 2 rings (SSSR count). The molecule has 1 N–H and O–H groups in total. The summed E-state index contributed by atoms with van der Waals surface area (Å²) in [5.41, 5.74) is 0.103. The molecule has 0 saturated heterocycles. The van der Waals surface area contributed by atoms with Crippen LogP contribution in [0.5, 0.6) is 11.5 Å². The number of sulfone groups is 1. The molecule has 0 saturated carbocycles. The molecule has 2 aromatic rings. The van der Waals surface area contributed by atoms with Crippen molar-refractivity contribution in [2.75, 3.05) is 23.7 Å². The van der Waals surface area contributed by atoms with Gasteiger partial charge in [-0.1, -0.05) is 33.6 Å². The standard InChI is InChI=1S/C23H29F2NO5S/c1-4-7-11-26(12-8-5-2)20-13-16(23(27)28)14-21(32(29,30)6-3)22(20)31-17-9-10-18(24)19(25)15-17/h9-10,13-15H,4-8,11-12H2,1-3H3,(H,27,28). The number of hydrogen-bond acceptors (Lipinski definition) is 5. The first-order chi connectivity index (χ1) is 15.1. The highest BCUT2D eigenvalue weighted by atomic mass is 32.2. The Labute approximate surface area is 187 Å². The lowest BCUT2D eigenvalue weighted by molar-refractivity contribution is 0.0696. The molecule has 0 fully saturated rings. The third-order valence-electron chi connectivity index (χ3n) is 5.01. The molecule has 32 heavy (non-hydrogen) atoms. The number of carbonyl (C=O) groups is 1. The molecule has 0 amide bonds. The van der Waals surface area contributed by atoms with Gasteiger partial charge in [-0.3, -0.25) is 0 Å². The Hall–Kier alpha value is -2.68. The Morgan fingerprint density at radius 1 is 1.00 bits per heavy atom. The number of aromatic carboxylic acids is 1. The van der Waals surface area contributed by atoms with Gasteiger partial charge in [0.15, 0.2) is 27.2 Å². The minimum absolute atomic E-state index is 0.0879. The fourth-order valence-corrected chi connectivity index (χ4v) is 4.19. The quantitative estimate of drug-likeness (QED) is 0.432. The summed E-state index contributed by atoms with van der Waals surface area (Å²) in [4.78, 5) is 13.4. The molecule has 0 spiro atoms. The molecule has 0 bridgehead atoms. The van der Waals surface area contributed by atoms with Gasteiger partial charge in [-0.05, 0) is 37.1 Å². The maximum Gasteiger partial charge on any atom is 0.335 e. The van der Waals surface area contributed by atoms with Crippen molar-refractivity contribution in [3.8, 4) is 11.5 Å². The summed E-state index contributed by atoms with van der Waals surface area (Å²) in [6.07, 6.45) is 3.34. The smallest absolute Gasteiger partial charge is 0.335 e. The van der Waals surface area contributed by atoms with Crippen molar-refractivity contribution in [2.45, 2.75) is 51.3 Å². The van der Waals surface area contributed by atoms with Gasteiger partial charge in [0.1, 0.15) is 10.6 Å². The lowest BCUT2D eigenvalue weighted by atomic mass is 10.1. The van der Waals surface area contributed by atoms with Crippen molar-refractivity contribution in [3.63, 3.8) is 0 Å². The van der Waals surface area contributed by atoms with Gasteiger partial charge < -0.3 is 14.7 Å². The Kier molecular flexibility index (Phi) is 9.00. The zero-order valence-corrected chi connectivity index (χ0v) is 19.3. The summed E-state index contributed by atoms with van der Waals surface area (Å²) in [5, 5.41) is 9.61. The van der Waals surface area contributed by atoms with Gasteiger partial charge >= 0.3 is 5.97 Å². The molecule has 0 aromatic heterocycles. The molecule has 6 nitrogen and oxygen atoms in total. The van der Waals surface area contributed by atoms with Gasteiger partial charge in [0, 0.05) is 19.2 Å². The van der Waals surface area contributed by atoms with Gasteiger partial charge in [0.25, 0.3) is 0 Å². The van der Waals surface area contributed by atoms with Crippen LogP contribution in [0.2, 0.25) is 0 Å². The Morgan fingerprint density at radius 2 is 1.62 bits per heavy atom. The van der Waals surface area contributed by atoms with Crippen LogP contribution in [0.1, 0.15) is 56.8 Å². The van der Waals surface area contributed by atoms with E-state index >= 15 is 0 Å². The van der Waals surface area contributed by atoms with Crippen molar-refractivity contribution in [1.82, 2.24) is 0 Å². The third-order valence-corrected chi connectivity index (χ3v) is 6.75. The van der Waals surface area contributed by atoms with Gasteiger partial charge in [0.2, 0.25) is 0 Å². The number of benzene rings is 2. The first kappa shape index (κ1) is 25.6. The van der Waals surface area contributed by atoms with Crippen molar-refractivity contribution >= 4 is 21.5 Å². The number of ether oxygens (including phenoxy) is 1. The minimum Gasteiger partial charge on any atom is -0.478 e. The highest BCUT2D eigenvalue weighted by molar-refractivity contribution is 7.91. The fourth-order valence-electron chi connectivity index (χ4n) is 3.14. The minimum atomic E-state index is -3.90. The molecule has 0 aliphatic rings. The monoisotopic (exact) mass is 469 g/mol. The van der Waals surface area contributed by atoms with Crippen LogP contribution in [0.15, 0.2) is 35.2 Å². The maximum absolute atomic E-state index is 13.8. The second kappa shape index (κ2) is 11.3.